The van der Waals surface area contributed by atoms with Crippen LogP contribution in [0.3, 0.4) is 0 Å². The highest BCUT2D eigenvalue weighted by Gasteiger charge is 2.20. The van der Waals surface area contributed by atoms with E-state index in [9.17, 15) is 0 Å². The van der Waals surface area contributed by atoms with Crippen molar-refractivity contribution in [3.05, 3.63) is 46.6 Å². The van der Waals surface area contributed by atoms with E-state index in [-0.39, 0.29) is 0 Å². The van der Waals surface area contributed by atoms with Crippen molar-refractivity contribution in [1.82, 2.24) is 14.6 Å². The summed E-state index contributed by atoms with van der Waals surface area (Å²) in [7, 11) is 0. The molecule has 0 N–H and O–H groups in total. The Hall–Kier alpha value is -2.11. The monoisotopic (exact) mass is 342 g/mol. The van der Waals surface area contributed by atoms with Gasteiger partial charge in [-0.15, -0.1) is 0 Å². The number of nitrogens with zero attached hydrogens (tertiary/aromatic N) is 4. The predicted octanol–water partition coefficient (Wildman–Crippen LogP) is 3.50. The second-order valence-electron chi connectivity index (χ2n) is 6.05. The molecule has 1 aliphatic heterocycles. The number of anilines is 1. The molecule has 0 aliphatic carbocycles. The second kappa shape index (κ2) is 6.07. The average Bonchev–Trinajstić information content (AvgIpc) is 3.00. The van der Waals surface area contributed by atoms with Crippen LogP contribution in [-0.2, 0) is 4.74 Å². The van der Waals surface area contributed by atoms with Crippen molar-refractivity contribution in [3.8, 4) is 11.3 Å². The first kappa shape index (κ1) is 15.4. The van der Waals surface area contributed by atoms with Gasteiger partial charge >= 0.3 is 0 Å². The van der Waals surface area contributed by atoms with Crippen molar-refractivity contribution in [3.63, 3.8) is 0 Å². The lowest BCUT2D eigenvalue weighted by molar-refractivity contribution is 0.122. The van der Waals surface area contributed by atoms with Crippen LogP contribution in [-0.4, -0.2) is 40.9 Å². The van der Waals surface area contributed by atoms with Crippen LogP contribution in [0.15, 0.2) is 30.3 Å². The molecule has 2 aromatic heterocycles. The third kappa shape index (κ3) is 2.64. The molecule has 6 heteroatoms. The standard InChI is InChI=1S/C18H19ClN4O/c1-12-13(2)20-17-11-16(14-3-5-15(19)6-4-14)21-23(17)18(12)22-7-9-24-10-8-22/h3-6,11H,7-10H2,1-2H3. The summed E-state index contributed by atoms with van der Waals surface area (Å²) in [4.78, 5) is 7.04. The Bertz CT molecular complexity index is 882. The minimum Gasteiger partial charge on any atom is -0.378 e. The van der Waals surface area contributed by atoms with Gasteiger partial charge in [0.25, 0.3) is 0 Å². The van der Waals surface area contributed by atoms with Crippen LogP contribution in [0.1, 0.15) is 11.3 Å². The Balaban J connectivity index is 1.87. The highest BCUT2D eigenvalue weighted by molar-refractivity contribution is 6.30. The lowest BCUT2D eigenvalue weighted by Crippen LogP contribution is -2.38. The molecule has 1 aromatic carbocycles. The maximum atomic E-state index is 5.99. The summed E-state index contributed by atoms with van der Waals surface area (Å²) in [5, 5.41) is 5.54. The van der Waals surface area contributed by atoms with Crippen molar-refractivity contribution in [1.29, 1.82) is 0 Å². The Morgan fingerprint density at radius 1 is 1.08 bits per heavy atom. The van der Waals surface area contributed by atoms with E-state index in [1.807, 2.05) is 41.8 Å². The van der Waals surface area contributed by atoms with E-state index in [1.54, 1.807) is 0 Å². The maximum Gasteiger partial charge on any atom is 0.158 e. The highest BCUT2D eigenvalue weighted by atomic mass is 35.5. The summed E-state index contributed by atoms with van der Waals surface area (Å²) in [6.07, 6.45) is 0. The van der Waals surface area contributed by atoms with E-state index in [0.717, 1.165) is 65.3 Å². The van der Waals surface area contributed by atoms with Crippen molar-refractivity contribution < 1.29 is 4.74 Å². The zero-order valence-corrected chi connectivity index (χ0v) is 14.5. The molecule has 24 heavy (non-hydrogen) atoms. The fraction of sp³-hybridized carbons (Fsp3) is 0.333. The van der Waals surface area contributed by atoms with Crippen LogP contribution in [0.2, 0.25) is 5.02 Å². The number of aromatic nitrogens is 3. The summed E-state index contributed by atoms with van der Waals surface area (Å²) in [6.45, 7) is 7.39. The van der Waals surface area contributed by atoms with Gasteiger partial charge in [0, 0.05) is 41.0 Å². The van der Waals surface area contributed by atoms with Crippen LogP contribution in [0.25, 0.3) is 16.9 Å². The van der Waals surface area contributed by atoms with Gasteiger partial charge in [0.1, 0.15) is 5.82 Å². The number of aryl methyl sites for hydroxylation is 1. The average molecular weight is 343 g/mol. The van der Waals surface area contributed by atoms with Crippen LogP contribution >= 0.6 is 11.6 Å². The lowest BCUT2D eigenvalue weighted by Gasteiger charge is -2.30. The summed E-state index contributed by atoms with van der Waals surface area (Å²) in [6, 6.07) is 9.76. The first-order valence-electron chi connectivity index (χ1n) is 8.09. The summed E-state index contributed by atoms with van der Waals surface area (Å²) < 4.78 is 7.45. The summed E-state index contributed by atoms with van der Waals surface area (Å²) in [5.41, 5.74) is 5.00. The lowest BCUT2D eigenvalue weighted by atomic mass is 10.1. The van der Waals surface area contributed by atoms with Gasteiger partial charge in [0.05, 0.1) is 18.9 Å². The van der Waals surface area contributed by atoms with Gasteiger partial charge in [-0.1, -0.05) is 23.7 Å². The van der Waals surface area contributed by atoms with Gasteiger partial charge in [0.2, 0.25) is 0 Å². The molecular formula is C18H19ClN4O. The molecule has 1 fully saturated rings. The maximum absolute atomic E-state index is 5.99. The molecule has 0 amide bonds. The number of halogens is 1. The van der Waals surface area contributed by atoms with Gasteiger partial charge in [-0.05, 0) is 26.0 Å². The Morgan fingerprint density at radius 3 is 2.50 bits per heavy atom. The number of hydrogen-bond acceptors (Lipinski definition) is 4. The highest BCUT2D eigenvalue weighted by Crippen LogP contribution is 2.28. The van der Waals surface area contributed by atoms with Crippen LogP contribution in [0.4, 0.5) is 5.82 Å². The van der Waals surface area contributed by atoms with Crippen LogP contribution in [0.5, 0.6) is 0 Å². The number of rotatable bonds is 2. The zero-order chi connectivity index (χ0) is 16.7. The van der Waals surface area contributed by atoms with E-state index in [1.165, 1.54) is 0 Å². The molecule has 0 spiro atoms. The molecule has 1 aliphatic rings. The number of hydrogen-bond donors (Lipinski definition) is 0. The summed E-state index contributed by atoms with van der Waals surface area (Å²) >= 11 is 5.99. The minimum atomic E-state index is 0.723. The molecule has 1 saturated heterocycles. The molecule has 5 nitrogen and oxygen atoms in total. The van der Waals surface area contributed by atoms with E-state index < -0.39 is 0 Å². The zero-order valence-electron chi connectivity index (χ0n) is 13.8. The van der Waals surface area contributed by atoms with Crippen LogP contribution in [0, 0.1) is 13.8 Å². The molecule has 4 rings (SSSR count). The largest absolute Gasteiger partial charge is 0.378 e. The molecule has 0 bridgehead atoms. The fourth-order valence-corrected chi connectivity index (χ4v) is 3.22. The van der Waals surface area contributed by atoms with Crippen molar-refractivity contribution >= 4 is 23.1 Å². The Kier molecular flexibility index (Phi) is 3.90. The first-order valence-corrected chi connectivity index (χ1v) is 8.47. The molecule has 3 heterocycles. The molecule has 3 aromatic rings. The smallest absolute Gasteiger partial charge is 0.158 e. The Morgan fingerprint density at radius 2 is 1.79 bits per heavy atom. The number of fused-ring (bicyclic) bond motifs is 1. The molecule has 0 radical (unpaired) electrons. The molecular weight excluding hydrogens is 324 g/mol. The van der Waals surface area contributed by atoms with Crippen molar-refractivity contribution in [2.75, 3.05) is 31.2 Å². The first-order chi connectivity index (χ1) is 11.6. The third-order valence-corrected chi connectivity index (χ3v) is 4.75. The van der Waals surface area contributed by atoms with Gasteiger partial charge in [-0.3, -0.25) is 0 Å². The van der Waals surface area contributed by atoms with Gasteiger partial charge in [0.15, 0.2) is 5.65 Å². The topological polar surface area (TPSA) is 42.7 Å². The minimum absolute atomic E-state index is 0.723. The SMILES string of the molecule is Cc1nc2cc(-c3ccc(Cl)cc3)nn2c(N2CCOCC2)c1C. The molecule has 0 saturated carbocycles. The normalized spacial score (nSPS) is 15.2. The number of morpholine rings is 1. The van der Waals surface area contributed by atoms with Gasteiger partial charge < -0.3 is 9.64 Å². The predicted molar refractivity (Wildman–Crippen MR) is 95.9 cm³/mol. The third-order valence-electron chi connectivity index (χ3n) is 4.50. The molecule has 0 unspecified atom stereocenters. The quantitative estimate of drug-likeness (QED) is 0.715. The number of benzene rings is 1. The van der Waals surface area contributed by atoms with Crippen molar-refractivity contribution in [2.24, 2.45) is 0 Å². The van der Waals surface area contributed by atoms with E-state index >= 15 is 0 Å². The van der Waals surface area contributed by atoms with Crippen LogP contribution < -0.4 is 4.90 Å². The molecule has 0 atom stereocenters. The second-order valence-corrected chi connectivity index (χ2v) is 6.49. The Labute approximate surface area is 145 Å². The van der Waals surface area contributed by atoms with E-state index in [4.69, 9.17) is 26.4 Å². The fourth-order valence-electron chi connectivity index (χ4n) is 3.09. The van der Waals surface area contributed by atoms with E-state index in [0.29, 0.717) is 0 Å². The number of ether oxygens (including phenoxy) is 1. The van der Waals surface area contributed by atoms with Gasteiger partial charge in [-0.2, -0.15) is 9.61 Å². The van der Waals surface area contributed by atoms with Gasteiger partial charge in [-0.25, -0.2) is 4.98 Å². The van der Waals surface area contributed by atoms with Crippen molar-refractivity contribution in [2.45, 2.75) is 13.8 Å². The summed E-state index contributed by atoms with van der Waals surface area (Å²) in [5.74, 6) is 1.11. The van der Waals surface area contributed by atoms with E-state index in [2.05, 4.69) is 11.8 Å². The molecule has 124 valence electrons.